The lowest BCUT2D eigenvalue weighted by Crippen LogP contribution is -2.34. The van der Waals surface area contributed by atoms with Crippen LogP contribution < -0.4 is 4.72 Å². The lowest BCUT2D eigenvalue weighted by Gasteiger charge is -2.18. The average Bonchev–Trinajstić information content (AvgIpc) is 2.41. The average molecular weight is 322 g/mol. The van der Waals surface area contributed by atoms with Crippen LogP contribution in [0.2, 0.25) is 0 Å². The zero-order chi connectivity index (χ0) is 16.2. The summed E-state index contributed by atoms with van der Waals surface area (Å²) in [5.41, 5.74) is -0.433. The first-order valence-electron chi connectivity index (χ1n) is 5.94. The Hall–Kier alpha value is -1.74. The van der Waals surface area contributed by atoms with Gasteiger partial charge in [-0.25, -0.2) is 8.78 Å². The van der Waals surface area contributed by atoms with Gasteiger partial charge in [0.15, 0.2) is 0 Å². The van der Waals surface area contributed by atoms with Crippen LogP contribution in [0.3, 0.4) is 0 Å². The Kier molecular flexibility index (Phi) is 5.62. The lowest BCUT2D eigenvalue weighted by atomic mass is 10.2. The van der Waals surface area contributed by atoms with Gasteiger partial charge in [-0.1, -0.05) is 0 Å². The molecule has 1 aromatic carbocycles. The molecule has 1 aromatic rings. The first-order valence-corrected chi connectivity index (χ1v) is 7.38. The molecule has 0 bridgehead atoms. The van der Waals surface area contributed by atoms with Crippen LogP contribution >= 0.6 is 0 Å². The molecule has 6 nitrogen and oxygen atoms in total. The fourth-order valence-electron chi connectivity index (χ4n) is 1.41. The molecule has 0 heterocycles. The Morgan fingerprint density at radius 2 is 1.95 bits per heavy atom. The van der Waals surface area contributed by atoms with E-state index in [1.165, 1.54) is 21.1 Å². The number of carbonyl (C=O) groups excluding carboxylic acids is 1. The number of nitrogens with one attached hydrogen (secondary N) is 1. The van der Waals surface area contributed by atoms with Gasteiger partial charge in [-0.05, 0) is 18.6 Å². The summed E-state index contributed by atoms with van der Waals surface area (Å²) in [5.74, 6) is -2.20. The van der Waals surface area contributed by atoms with Gasteiger partial charge in [0.1, 0.15) is 11.6 Å². The second-order valence-corrected chi connectivity index (χ2v) is 6.11. The maximum atomic E-state index is 13.6. The molecule has 1 N–H and O–H groups in total. The Morgan fingerprint density at radius 1 is 1.33 bits per heavy atom. The largest absolute Gasteiger partial charge is 0.469 e. The number of rotatable bonds is 6. The van der Waals surface area contributed by atoms with Crippen LogP contribution in [0.5, 0.6) is 0 Å². The first-order chi connectivity index (χ1) is 9.67. The van der Waals surface area contributed by atoms with Gasteiger partial charge >= 0.3 is 16.2 Å². The third-order valence-corrected chi connectivity index (χ3v) is 4.24. The molecule has 0 aliphatic heterocycles. The zero-order valence-electron chi connectivity index (χ0n) is 11.8. The van der Waals surface area contributed by atoms with Gasteiger partial charge in [-0.2, -0.15) is 12.7 Å². The van der Waals surface area contributed by atoms with Crippen LogP contribution in [-0.4, -0.2) is 39.4 Å². The van der Waals surface area contributed by atoms with Crippen molar-refractivity contribution in [2.45, 2.75) is 13.3 Å². The first kappa shape index (κ1) is 17.3. The number of aryl methyl sites for hydroxylation is 1. The van der Waals surface area contributed by atoms with Crippen molar-refractivity contribution in [2.75, 3.05) is 25.4 Å². The summed E-state index contributed by atoms with van der Waals surface area (Å²) in [6.07, 6.45) is -0.154. The van der Waals surface area contributed by atoms with E-state index in [9.17, 15) is 22.0 Å². The molecule has 1 rings (SSSR count). The number of hydrogen-bond donors (Lipinski definition) is 1. The van der Waals surface area contributed by atoms with Crippen molar-refractivity contribution in [1.29, 1.82) is 0 Å². The number of methoxy groups -OCH3 is 1. The van der Waals surface area contributed by atoms with Crippen LogP contribution in [0, 0.1) is 18.6 Å². The summed E-state index contributed by atoms with van der Waals surface area (Å²) in [4.78, 5) is 11.0. The van der Waals surface area contributed by atoms with E-state index >= 15 is 0 Å². The molecule has 9 heteroatoms. The molecule has 0 saturated heterocycles. The fraction of sp³-hybridized carbons (Fsp3) is 0.417. The maximum Gasteiger partial charge on any atom is 0.306 e. The molecule has 0 aromatic heterocycles. The van der Waals surface area contributed by atoms with Gasteiger partial charge in [0.2, 0.25) is 0 Å². The van der Waals surface area contributed by atoms with Crippen molar-refractivity contribution in [3.63, 3.8) is 0 Å². The molecule has 0 radical (unpaired) electrons. The minimum Gasteiger partial charge on any atom is -0.469 e. The number of ether oxygens (including phenoxy) is 1. The van der Waals surface area contributed by atoms with Crippen LogP contribution in [0.1, 0.15) is 12.0 Å². The third kappa shape index (κ3) is 4.64. The Morgan fingerprint density at radius 3 is 2.52 bits per heavy atom. The Bertz CT molecular complexity index is 634. The van der Waals surface area contributed by atoms with E-state index in [1.807, 2.05) is 4.72 Å². The molecule has 0 amide bonds. The van der Waals surface area contributed by atoms with Crippen LogP contribution in [0.4, 0.5) is 14.5 Å². The van der Waals surface area contributed by atoms with E-state index < -0.39 is 33.5 Å². The number of hydrogen-bond acceptors (Lipinski definition) is 4. The topological polar surface area (TPSA) is 75.7 Å². The second-order valence-electron chi connectivity index (χ2n) is 4.34. The molecule has 0 aliphatic rings. The highest BCUT2D eigenvalue weighted by Gasteiger charge is 2.21. The van der Waals surface area contributed by atoms with Crippen molar-refractivity contribution in [3.05, 3.63) is 29.3 Å². The van der Waals surface area contributed by atoms with Gasteiger partial charge in [0.25, 0.3) is 0 Å². The van der Waals surface area contributed by atoms with Gasteiger partial charge < -0.3 is 4.74 Å². The quantitative estimate of drug-likeness (QED) is 0.804. The highest BCUT2D eigenvalue weighted by Crippen LogP contribution is 2.20. The van der Waals surface area contributed by atoms with Gasteiger partial charge in [0, 0.05) is 19.7 Å². The van der Waals surface area contributed by atoms with Crippen LogP contribution in [0.25, 0.3) is 0 Å². The summed E-state index contributed by atoms with van der Waals surface area (Å²) in [5, 5.41) is 0. The van der Waals surface area contributed by atoms with Gasteiger partial charge in [-0.15, -0.1) is 0 Å². The monoisotopic (exact) mass is 322 g/mol. The van der Waals surface area contributed by atoms with Gasteiger partial charge in [-0.3, -0.25) is 9.52 Å². The van der Waals surface area contributed by atoms with E-state index in [0.717, 1.165) is 16.4 Å². The number of nitrogens with zero attached hydrogens (tertiary/aromatic N) is 1. The highest BCUT2D eigenvalue weighted by atomic mass is 32.2. The minimum absolute atomic E-state index is 0.0643. The highest BCUT2D eigenvalue weighted by molar-refractivity contribution is 7.90. The van der Waals surface area contributed by atoms with Gasteiger partial charge in [0.05, 0.1) is 19.2 Å². The smallest absolute Gasteiger partial charge is 0.306 e. The van der Waals surface area contributed by atoms with E-state index in [0.29, 0.717) is 0 Å². The van der Waals surface area contributed by atoms with E-state index in [2.05, 4.69) is 4.74 Å². The normalized spacial score (nSPS) is 11.5. The predicted octanol–water partition coefficient (Wildman–Crippen LogP) is 1.42. The number of anilines is 1. The molecule has 0 unspecified atom stereocenters. The van der Waals surface area contributed by atoms with Crippen molar-refractivity contribution in [1.82, 2.24) is 4.31 Å². The predicted molar refractivity (Wildman–Crippen MR) is 72.9 cm³/mol. The SMILES string of the molecule is COC(=O)CCN(C)S(=O)(=O)Nc1cc(F)c(C)cc1F. The molecule has 0 saturated carbocycles. The summed E-state index contributed by atoms with van der Waals surface area (Å²) >= 11 is 0. The van der Waals surface area contributed by atoms with Crippen molar-refractivity contribution < 1.29 is 26.7 Å². The van der Waals surface area contributed by atoms with E-state index in [1.54, 1.807) is 0 Å². The van der Waals surface area contributed by atoms with Crippen LogP contribution in [0.15, 0.2) is 12.1 Å². The molecule has 0 aliphatic carbocycles. The van der Waals surface area contributed by atoms with Crippen molar-refractivity contribution in [3.8, 4) is 0 Å². The molecular weight excluding hydrogens is 306 g/mol. The minimum atomic E-state index is -4.10. The molecule has 0 atom stereocenters. The molecule has 21 heavy (non-hydrogen) atoms. The van der Waals surface area contributed by atoms with Crippen molar-refractivity contribution >= 4 is 21.9 Å². The fourth-order valence-corrected chi connectivity index (χ4v) is 2.33. The summed E-state index contributed by atoms with van der Waals surface area (Å²) in [6.45, 7) is 1.21. The maximum absolute atomic E-state index is 13.6. The third-order valence-electron chi connectivity index (χ3n) is 2.76. The molecule has 118 valence electrons. The summed E-state index contributed by atoms with van der Waals surface area (Å²) in [7, 11) is -1.72. The standard InChI is InChI=1S/C12H16F2N2O4S/c1-8-6-10(14)11(7-9(8)13)15-21(18,19)16(2)5-4-12(17)20-3/h6-7,15H,4-5H2,1-3H3. The number of esters is 1. The molecular formula is C12H16F2N2O4S. The number of halogens is 2. The summed E-state index contributed by atoms with van der Waals surface area (Å²) in [6, 6.07) is 1.65. The zero-order valence-corrected chi connectivity index (χ0v) is 12.6. The molecule has 0 fully saturated rings. The number of carbonyl (C=O) groups is 1. The van der Waals surface area contributed by atoms with Crippen molar-refractivity contribution in [2.24, 2.45) is 0 Å². The second kappa shape index (κ2) is 6.81. The Labute approximate surface area is 121 Å². The van der Waals surface area contributed by atoms with E-state index in [4.69, 9.17) is 0 Å². The molecule has 0 spiro atoms. The summed E-state index contributed by atoms with van der Waals surface area (Å²) < 4.78 is 57.9. The Balaban J connectivity index is 2.85. The number of benzene rings is 1. The lowest BCUT2D eigenvalue weighted by molar-refractivity contribution is -0.140. The van der Waals surface area contributed by atoms with Crippen LogP contribution in [-0.2, 0) is 19.7 Å². The van der Waals surface area contributed by atoms with E-state index in [-0.39, 0.29) is 18.5 Å².